The highest BCUT2D eigenvalue weighted by atomic mass is 79.9. The highest BCUT2D eigenvalue weighted by molar-refractivity contribution is 9.10. The molecule has 0 spiro atoms. The van der Waals surface area contributed by atoms with Gasteiger partial charge in [-0.3, -0.25) is 0 Å². The first-order valence-electron chi connectivity index (χ1n) is 6.38. The van der Waals surface area contributed by atoms with Gasteiger partial charge in [0.15, 0.2) is 0 Å². The number of β-amino-alcohol motifs (C(OH)–C–C–N with tert-alkyl or cyclic N) is 1. The molecule has 1 unspecified atom stereocenters. The molecule has 1 heterocycles. The minimum atomic E-state index is -0.749. The molecular formula is C14H19BrN2O2. The number of benzene rings is 1. The summed E-state index contributed by atoms with van der Waals surface area (Å²) in [5, 5.41) is 12.7. The van der Waals surface area contributed by atoms with E-state index in [9.17, 15) is 9.90 Å². The third kappa shape index (κ3) is 3.48. The quantitative estimate of drug-likeness (QED) is 0.877. The highest BCUT2D eigenvalue weighted by Crippen LogP contribution is 2.22. The van der Waals surface area contributed by atoms with Crippen molar-refractivity contribution in [1.29, 1.82) is 0 Å². The fraction of sp³-hybridized carbons (Fsp3) is 0.500. The summed E-state index contributed by atoms with van der Waals surface area (Å²) in [5.74, 6) is 0. The van der Waals surface area contributed by atoms with E-state index in [1.807, 2.05) is 25.1 Å². The molecule has 4 nitrogen and oxygen atoms in total. The van der Waals surface area contributed by atoms with Crippen molar-refractivity contribution in [1.82, 2.24) is 10.2 Å². The van der Waals surface area contributed by atoms with Crippen LogP contribution in [0.4, 0.5) is 4.79 Å². The van der Waals surface area contributed by atoms with E-state index in [-0.39, 0.29) is 6.03 Å². The standard InChI is InChI=1S/C14H19BrN2O2/c1-10-4-3-5-11(12(10)15)8-16-13(18)17-7-6-14(2,19)9-17/h3-5,19H,6-9H2,1-2H3,(H,16,18). The molecule has 2 rings (SSSR count). The van der Waals surface area contributed by atoms with Crippen LogP contribution in [0.15, 0.2) is 22.7 Å². The van der Waals surface area contributed by atoms with E-state index in [1.54, 1.807) is 11.8 Å². The van der Waals surface area contributed by atoms with Crippen LogP contribution in [0.1, 0.15) is 24.5 Å². The van der Waals surface area contributed by atoms with Crippen molar-refractivity contribution in [3.8, 4) is 0 Å². The number of aryl methyl sites for hydroxylation is 1. The summed E-state index contributed by atoms with van der Waals surface area (Å²) in [7, 11) is 0. The van der Waals surface area contributed by atoms with Crippen LogP contribution in [0.25, 0.3) is 0 Å². The number of carbonyl (C=O) groups excluding carboxylic acids is 1. The number of nitrogens with one attached hydrogen (secondary N) is 1. The lowest BCUT2D eigenvalue weighted by atomic mass is 10.1. The molecule has 0 saturated carbocycles. The minimum absolute atomic E-state index is 0.119. The highest BCUT2D eigenvalue weighted by Gasteiger charge is 2.33. The number of rotatable bonds is 2. The summed E-state index contributed by atoms with van der Waals surface area (Å²) in [6, 6.07) is 5.86. The second-order valence-electron chi connectivity index (χ2n) is 5.38. The number of nitrogens with zero attached hydrogens (tertiary/aromatic N) is 1. The van der Waals surface area contributed by atoms with Crippen molar-refractivity contribution in [2.24, 2.45) is 0 Å². The Morgan fingerprint density at radius 2 is 2.32 bits per heavy atom. The van der Waals surface area contributed by atoms with Crippen LogP contribution in [0, 0.1) is 6.92 Å². The molecule has 1 saturated heterocycles. The van der Waals surface area contributed by atoms with Gasteiger partial charge in [-0.1, -0.05) is 34.1 Å². The molecule has 1 atom stereocenters. The Kier molecular flexibility index (Phi) is 4.16. The summed E-state index contributed by atoms with van der Waals surface area (Å²) in [4.78, 5) is 13.6. The van der Waals surface area contributed by atoms with Crippen molar-refractivity contribution in [2.75, 3.05) is 13.1 Å². The van der Waals surface area contributed by atoms with Gasteiger partial charge in [-0.25, -0.2) is 4.79 Å². The number of urea groups is 1. The number of likely N-dealkylation sites (tertiary alicyclic amines) is 1. The lowest BCUT2D eigenvalue weighted by Crippen LogP contribution is -2.40. The summed E-state index contributed by atoms with van der Waals surface area (Å²) >= 11 is 3.53. The summed E-state index contributed by atoms with van der Waals surface area (Å²) in [6.07, 6.45) is 0.633. The van der Waals surface area contributed by atoms with Gasteiger partial charge in [0.2, 0.25) is 0 Å². The van der Waals surface area contributed by atoms with E-state index in [0.717, 1.165) is 15.6 Å². The van der Waals surface area contributed by atoms with Crippen LogP contribution in [0.5, 0.6) is 0 Å². The van der Waals surface area contributed by atoms with Crippen molar-refractivity contribution in [3.05, 3.63) is 33.8 Å². The fourth-order valence-corrected chi connectivity index (χ4v) is 2.65. The zero-order valence-electron chi connectivity index (χ0n) is 11.2. The number of amides is 2. The summed E-state index contributed by atoms with van der Waals surface area (Å²) in [5.41, 5.74) is 1.46. The SMILES string of the molecule is Cc1cccc(CNC(=O)N2CCC(C)(O)C2)c1Br. The van der Waals surface area contributed by atoms with Crippen LogP contribution >= 0.6 is 15.9 Å². The molecule has 2 amide bonds. The van der Waals surface area contributed by atoms with Gasteiger partial charge in [0.1, 0.15) is 0 Å². The topological polar surface area (TPSA) is 52.6 Å². The van der Waals surface area contributed by atoms with E-state index in [4.69, 9.17) is 0 Å². The molecule has 0 aromatic heterocycles. The van der Waals surface area contributed by atoms with Gasteiger partial charge >= 0.3 is 6.03 Å². The monoisotopic (exact) mass is 326 g/mol. The zero-order chi connectivity index (χ0) is 14.0. The largest absolute Gasteiger partial charge is 0.388 e. The Labute approximate surface area is 121 Å². The van der Waals surface area contributed by atoms with Crippen LogP contribution < -0.4 is 5.32 Å². The maximum absolute atomic E-state index is 12.0. The molecule has 104 valence electrons. The Morgan fingerprint density at radius 3 is 2.95 bits per heavy atom. The van der Waals surface area contributed by atoms with Gasteiger partial charge in [0.25, 0.3) is 0 Å². The fourth-order valence-electron chi connectivity index (χ4n) is 2.25. The van der Waals surface area contributed by atoms with Crippen molar-refractivity contribution >= 4 is 22.0 Å². The van der Waals surface area contributed by atoms with E-state index in [2.05, 4.69) is 21.2 Å². The molecule has 1 aromatic carbocycles. The van der Waals surface area contributed by atoms with Crippen molar-refractivity contribution in [3.63, 3.8) is 0 Å². The summed E-state index contributed by atoms with van der Waals surface area (Å²) in [6.45, 7) is 5.27. The van der Waals surface area contributed by atoms with E-state index >= 15 is 0 Å². The van der Waals surface area contributed by atoms with E-state index in [0.29, 0.717) is 26.1 Å². The van der Waals surface area contributed by atoms with E-state index < -0.39 is 5.60 Å². The maximum Gasteiger partial charge on any atom is 0.317 e. The zero-order valence-corrected chi connectivity index (χ0v) is 12.8. The van der Waals surface area contributed by atoms with Gasteiger partial charge in [-0.15, -0.1) is 0 Å². The van der Waals surface area contributed by atoms with E-state index in [1.165, 1.54) is 0 Å². The van der Waals surface area contributed by atoms with Crippen molar-refractivity contribution in [2.45, 2.75) is 32.4 Å². The van der Waals surface area contributed by atoms with Gasteiger partial charge in [0, 0.05) is 17.6 Å². The van der Waals surface area contributed by atoms with Crippen LogP contribution in [-0.2, 0) is 6.54 Å². The predicted octanol–water partition coefficient (Wildman–Crippen LogP) is 2.42. The molecule has 5 heteroatoms. The molecular weight excluding hydrogens is 308 g/mol. The molecule has 0 bridgehead atoms. The average molecular weight is 327 g/mol. The first kappa shape index (κ1) is 14.3. The smallest absolute Gasteiger partial charge is 0.317 e. The number of carbonyl (C=O) groups is 1. The Hall–Kier alpha value is -1.07. The Morgan fingerprint density at radius 1 is 1.58 bits per heavy atom. The lowest BCUT2D eigenvalue weighted by Gasteiger charge is -2.19. The lowest BCUT2D eigenvalue weighted by molar-refractivity contribution is 0.0719. The second-order valence-corrected chi connectivity index (χ2v) is 6.17. The Balaban J connectivity index is 1.92. The van der Waals surface area contributed by atoms with Gasteiger partial charge in [0.05, 0.1) is 12.1 Å². The van der Waals surface area contributed by atoms with Crippen LogP contribution in [0.2, 0.25) is 0 Å². The first-order chi connectivity index (χ1) is 8.89. The van der Waals surface area contributed by atoms with Gasteiger partial charge < -0.3 is 15.3 Å². The predicted molar refractivity (Wildman–Crippen MR) is 77.9 cm³/mol. The number of hydrogen-bond donors (Lipinski definition) is 2. The third-order valence-electron chi connectivity index (χ3n) is 3.44. The van der Waals surface area contributed by atoms with Crippen LogP contribution in [0.3, 0.4) is 0 Å². The molecule has 1 aromatic rings. The Bertz CT molecular complexity index is 488. The third-order valence-corrected chi connectivity index (χ3v) is 4.58. The number of hydrogen-bond acceptors (Lipinski definition) is 2. The molecule has 2 N–H and O–H groups in total. The average Bonchev–Trinajstić information content (AvgIpc) is 2.71. The molecule has 1 aliphatic heterocycles. The molecule has 1 aliphatic rings. The molecule has 0 aliphatic carbocycles. The number of halogens is 1. The first-order valence-corrected chi connectivity index (χ1v) is 7.17. The van der Waals surface area contributed by atoms with Gasteiger partial charge in [-0.05, 0) is 31.4 Å². The van der Waals surface area contributed by atoms with Crippen molar-refractivity contribution < 1.29 is 9.90 Å². The molecule has 19 heavy (non-hydrogen) atoms. The van der Waals surface area contributed by atoms with Gasteiger partial charge in [-0.2, -0.15) is 0 Å². The normalized spacial score (nSPS) is 22.6. The molecule has 0 radical (unpaired) electrons. The maximum atomic E-state index is 12.0. The minimum Gasteiger partial charge on any atom is -0.388 e. The summed E-state index contributed by atoms with van der Waals surface area (Å²) < 4.78 is 1.03. The molecule has 1 fully saturated rings. The number of aliphatic hydroxyl groups is 1. The second kappa shape index (κ2) is 5.51. The van der Waals surface area contributed by atoms with Crippen LogP contribution in [-0.4, -0.2) is 34.7 Å².